The van der Waals surface area contributed by atoms with Crippen LogP contribution in [0, 0.1) is 9.39 Å². The van der Waals surface area contributed by atoms with E-state index in [1.165, 1.54) is 24.2 Å². The number of amides is 2. The highest BCUT2D eigenvalue weighted by Gasteiger charge is 2.41. The Labute approximate surface area is 259 Å². The van der Waals surface area contributed by atoms with Crippen LogP contribution in [0.15, 0.2) is 60.7 Å². The lowest BCUT2D eigenvalue weighted by Crippen LogP contribution is -2.54. The summed E-state index contributed by atoms with van der Waals surface area (Å²) >= 11 is 2.03. The first-order valence-corrected chi connectivity index (χ1v) is 14.9. The van der Waals surface area contributed by atoms with Crippen molar-refractivity contribution in [3.8, 4) is 11.5 Å². The van der Waals surface area contributed by atoms with E-state index in [1.54, 1.807) is 36.4 Å². The van der Waals surface area contributed by atoms with Crippen molar-refractivity contribution in [3.05, 3.63) is 81.2 Å². The van der Waals surface area contributed by atoms with Gasteiger partial charge in [0, 0.05) is 37.1 Å². The van der Waals surface area contributed by atoms with Crippen LogP contribution in [0.3, 0.4) is 0 Å². The van der Waals surface area contributed by atoms with Crippen LogP contribution < -0.4 is 14.8 Å². The van der Waals surface area contributed by atoms with Gasteiger partial charge >= 0.3 is 0 Å². The molecule has 0 aromatic heterocycles. The smallest absolute Gasteiger partial charge is 0.247 e. The van der Waals surface area contributed by atoms with Crippen molar-refractivity contribution in [2.75, 3.05) is 20.3 Å². The number of allylic oxidation sites excluding steroid dienone is 1. The first-order valence-electron chi connectivity index (χ1n) is 13.8. The van der Waals surface area contributed by atoms with Crippen LogP contribution in [0.1, 0.15) is 43.2 Å². The molecule has 3 rings (SSSR count). The summed E-state index contributed by atoms with van der Waals surface area (Å²) in [6.45, 7) is 3.14. The lowest BCUT2D eigenvalue weighted by Gasteiger charge is -2.41. The van der Waals surface area contributed by atoms with Crippen LogP contribution >= 0.6 is 22.6 Å². The standard InChI is InChI=1S/C31H38FIN2O7/c1-3-4-5-6-11-28(38)35(18-21-9-7-8-10-23(21)32)25-16-22(31(40)34-12-13-36)17-26(29(25)39)42-30-24(33)14-20(19-37)15-27(30)41-2/h3,7-10,14-15,17,25-26,29,36-37,39H,1,4-6,11-13,16,18-19H2,2H3,(H,34,40)/t25-,26+,29+/m1/s1. The van der Waals surface area contributed by atoms with E-state index in [4.69, 9.17) is 9.47 Å². The van der Waals surface area contributed by atoms with E-state index in [2.05, 4.69) is 11.9 Å². The molecular weight excluding hydrogens is 658 g/mol. The van der Waals surface area contributed by atoms with Crippen LogP contribution in [0.4, 0.5) is 4.39 Å². The van der Waals surface area contributed by atoms with Crippen molar-refractivity contribution < 1.29 is 38.8 Å². The van der Waals surface area contributed by atoms with E-state index in [0.717, 1.165) is 12.8 Å². The zero-order chi connectivity index (χ0) is 30.6. The number of ether oxygens (including phenoxy) is 2. The third-order valence-corrected chi connectivity index (χ3v) is 7.81. The lowest BCUT2D eigenvalue weighted by atomic mass is 9.87. The minimum absolute atomic E-state index is 0.0111. The Morgan fingerprint density at radius 2 is 2.00 bits per heavy atom. The average Bonchev–Trinajstić information content (AvgIpc) is 2.99. The van der Waals surface area contributed by atoms with Gasteiger partial charge < -0.3 is 35.0 Å². The van der Waals surface area contributed by atoms with E-state index in [9.17, 15) is 29.3 Å². The Morgan fingerprint density at radius 3 is 2.67 bits per heavy atom. The maximum absolute atomic E-state index is 14.8. The zero-order valence-corrected chi connectivity index (χ0v) is 25.8. The first kappa shape index (κ1) is 33.5. The summed E-state index contributed by atoms with van der Waals surface area (Å²) < 4.78 is 27.1. The SMILES string of the molecule is C=CCCCCC(=O)N(Cc1ccccc1F)[C@@H]1CC(C(=O)NCCO)=C[C@H](Oc2c(I)cc(CO)cc2OC)[C@H]1O. The van der Waals surface area contributed by atoms with Crippen molar-refractivity contribution in [1.29, 1.82) is 0 Å². The molecule has 9 nitrogen and oxygen atoms in total. The van der Waals surface area contributed by atoms with Gasteiger partial charge in [-0.25, -0.2) is 4.39 Å². The number of aliphatic hydroxyl groups excluding tert-OH is 3. The highest BCUT2D eigenvalue weighted by molar-refractivity contribution is 14.1. The Balaban J connectivity index is 2.02. The quantitative estimate of drug-likeness (QED) is 0.127. The molecule has 0 unspecified atom stereocenters. The van der Waals surface area contributed by atoms with Gasteiger partial charge in [0.05, 0.1) is 29.9 Å². The van der Waals surface area contributed by atoms with Crippen molar-refractivity contribution in [2.45, 2.75) is 63.5 Å². The molecule has 11 heteroatoms. The molecule has 228 valence electrons. The van der Waals surface area contributed by atoms with Crippen LogP contribution in [-0.2, 0) is 22.7 Å². The lowest BCUT2D eigenvalue weighted by molar-refractivity contribution is -0.139. The molecule has 2 aromatic carbocycles. The number of nitrogens with one attached hydrogen (secondary N) is 1. The fourth-order valence-corrected chi connectivity index (χ4v) is 5.60. The second-order valence-electron chi connectivity index (χ2n) is 9.93. The highest BCUT2D eigenvalue weighted by atomic mass is 127. The molecule has 0 aliphatic heterocycles. The van der Waals surface area contributed by atoms with Crippen LogP contribution in [-0.4, -0.2) is 70.5 Å². The first-order chi connectivity index (χ1) is 20.2. The van der Waals surface area contributed by atoms with E-state index in [-0.39, 0.29) is 56.2 Å². The number of aliphatic hydroxyl groups is 3. The van der Waals surface area contributed by atoms with Gasteiger partial charge in [0.25, 0.3) is 0 Å². The number of halogens is 2. The van der Waals surface area contributed by atoms with Crippen LogP contribution in [0.2, 0.25) is 0 Å². The molecule has 2 aromatic rings. The summed E-state index contributed by atoms with van der Waals surface area (Å²) in [5, 5.41) is 33.1. The van der Waals surface area contributed by atoms with E-state index >= 15 is 0 Å². The van der Waals surface area contributed by atoms with Gasteiger partial charge in [-0.2, -0.15) is 0 Å². The minimum Gasteiger partial charge on any atom is -0.493 e. The molecule has 2 amide bonds. The molecule has 0 bridgehead atoms. The molecule has 0 saturated carbocycles. The van der Waals surface area contributed by atoms with Gasteiger partial charge in [-0.15, -0.1) is 6.58 Å². The van der Waals surface area contributed by atoms with Crippen LogP contribution in [0.25, 0.3) is 0 Å². The van der Waals surface area contributed by atoms with Gasteiger partial charge in [0.15, 0.2) is 11.5 Å². The molecule has 0 fully saturated rings. The van der Waals surface area contributed by atoms with E-state index < -0.39 is 30.0 Å². The summed E-state index contributed by atoms with van der Waals surface area (Å²) in [6.07, 6.45) is 3.13. The molecule has 0 heterocycles. The summed E-state index contributed by atoms with van der Waals surface area (Å²) in [7, 11) is 1.45. The Hall–Kier alpha value is -3.00. The molecule has 42 heavy (non-hydrogen) atoms. The molecular formula is C31H38FIN2O7. The minimum atomic E-state index is -1.29. The number of methoxy groups -OCH3 is 1. The van der Waals surface area contributed by atoms with E-state index in [0.29, 0.717) is 27.1 Å². The van der Waals surface area contributed by atoms with Gasteiger partial charge in [-0.3, -0.25) is 9.59 Å². The Morgan fingerprint density at radius 1 is 1.24 bits per heavy atom. The Kier molecular flexibility index (Phi) is 13.2. The number of hydrogen-bond acceptors (Lipinski definition) is 7. The molecule has 3 atom stereocenters. The van der Waals surface area contributed by atoms with Crippen LogP contribution in [0.5, 0.6) is 11.5 Å². The second kappa shape index (κ2) is 16.6. The normalized spacial score (nSPS) is 18.1. The molecule has 0 saturated heterocycles. The summed E-state index contributed by atoms with van der Waals surface area (Å²) in [4.78, 5) is 28.1. The van der Waals surface area contributed by atoms with Gasteiger partial charge in [-0.1, -0.05) is 24.3 Å². The monoisotopic (exact) mass is 696 g/mol. The summed E-state index contributed by atoms with van der Waals surface area (Å²) in [6, 6.07) is 8.51. The van der Waals surface area contributed by atoms with Crippen molar-refractivity contribution >= 4 is 34.4 Å². The predicted octanol–water partition coefficient (Wildman–Crippen LogP) is 3.62. The Bertz CT molecular complexity index is 1270. The number of nitrogens with zero attached hydrogens (tertiary/aromatic N) is 1. The largest absolute Gasteiger partial charge is 0.493 e. The maximum Gasteiger partial charge on any atom is 0.247 e. The van der Waals surface area contributed by atoms with Gasteiger partial charge in [0.2, 0.25) is 11.8 Å². The summed E-state index contributed by atoms with van der Waals surface area (Å²) in [5.74, 6) is -0.637. The number of hydrogen-bond donors (Lipinski definition) is 4. The molecule has 0 radical (unpaired) electrons. The highest BCUT2D eigenvalue weighted by Crippen LogP contribution is 2.37. The molecule has 1 aliphatic carbocycles. The zero-order valence-electron chi connectivity index (χ0n) is 23.6. The molecule has 1 aliphatic rings. The molecule has 0 spiro atoms. The van der Waals surface area contributed by atoms with Crippen molar-refractivity contribution in [3.63, 3.8) is 0 Å². The number of benzene rings is 2. The summed E-state index contributed by atoms with van der Waals surface area (Å²) in [5.41, 5.74) is 1.13. The number of carbonyl (C=O) groups is 2. The maximum atomic E-state index is 14.8. The fraction of sp³-hybridized carbons (Fsp3) is 0.419. The van der Waals surface area contributed by atoms with Crippen molar-refractivity contribution in [1.82, 2.24) is 10.2 Å². The predicted molar refractivity (Wildman–Crippen MR) is 164 cm³/mol. The second-order valence-corrected chi connectivity index (χ2v) is 11.1. The van der Waals surface area contributed by atoms with Crippen molar-refractivity contribution in [2.24, 2.45) is 0 Å². The fourth-order valence-electron chi connectivity index (χ4n) is 4.80. The third kappa shape index (κ3) is 8.76. The topological polar surface area (TPSA) is 129 Å². The third-order valence-electron chi connectivity index (χ3n) is 7.01. The number of rotatable bonds is 15. The molecule has 4 N–H and O–H groups in total. The average molecular weight is 697 g/mol. The number of unbranched alkanes of at least 4 members (excludes halogenated alkanes) is 2. The number of carbonyl (C=O) groups excluding carboxylic acids is 2. The van der Waals surface area contributed by atoms with Gasteiger partial charge in [-0.05, 0) is 71.7 Å². The van der Waals surface area contributed by atoms with E-state index in [1.807, 2.05) is 22.6 Å². The van der Waals surface area contributed by atoms with Gasteiger partial charge in [0.1, 0.15) is 18.0 Å².